The Morgan fingerprint density at radius 1 is 1.07 bits per heavy atom. The normalized spacial score (nSPS) is 10.7. The zero-order valence-corrected chi connectivity index (χ0v) is 17.0. The van der Waals surface area contributed by atoms with Crippen molar-refractivity contribution in [2.75, 3.05) is 29.9 Å². The molecule has 3 aromatic rings. The maximum atomic E-state index is 12.2. The van der Waals surface area contributed by atoms with Crippen LogP contribution in [-0.4, -0.2) is 41.1 Å². The molecule has 0 unspecified atom stereocenters. The summed E-state index contributed by atoms with van der Waals surface area (Å²) in [6, 6.07) is 15.2. The van der Waals surface area contributed by atoms with Crippen LogP contribution in [0.3, 0.4) is 0 Å². The molecule has 0 saturated carbocycles. The van der Waals surface area contributed by atoms with E-state index < -0.39 is 5.97 Å². The number of esters is 1. The number of hydrogen-bond donors (Lipinski definition) is 1. The lowest BCUT2D eigenvalue weighted by molar-refractivity contribution is -0.147. The van der Waals surface area contributed by atoms with Crippen LogP contribution >= 0.6 is 0 Å². The Balaban J connectivity index is 1.52. The Labute approximate surface area is 170 Å². The fourth-order valence-corrected chi connectivity index (χ4v) is 3.26. The number of aromatic nitrogens is 2. The van der Waals surface area contributed by atoms with Crippen molar-refractivity contribution in [3.63, 3.8) is 0 Å². The molecule has 3 rings (SSSR count). The molecule has 1 heterocycles. The lowest BCUT2D eigenvalue weighted by Gasteiger charge is -2.21. The van der Waals surface area contributed by atoms with E-state index in [0.717, 1.165) is 35.6 Å². The largest absolute Gasteiger partial charge is 0.454 e. The highest BCUT2D eigenvalue weighted by Crippen LogP contribution is 2.18. The molecule has 0 spiro atoms. The molecule has 1 N–H and O–H groups in total. The van der Waals surface area contributed by atoms with E-state index >= 15 is 0 Å². The van der Waals surface area contributed by atoms with Gasteiger partial charge in [-0.3, -0.25) is 9.59 Å². The second kappa shape index (κ2) is 9.23. The van der Waals surface area contributed by atoms with E-state index in [1.807, 2.05) is 55.5 Å². The predicted octanol–water partition coefficient (Wildman–Crippen LogP) is 3.37. The van der Waals surface area contributed by atoms with Gasteiger partial charge in [-0.05, 0) is 57.2 Å². The summed E-state index contributed by atoms with van der Waals surface area (Å²) in [7, 11) is 0. The summed E-state index contributed by atoms with van der Waals surface area (Å²) in [6.07, 6.45) is 0. The summed E-state index contributed by atoms with van der Waals surface area (Å²) in [5.41, 5.74) is 3.45. The average Bonchev–Trinajstić information content (AvgIpc) is 3.04. The van der Waals surface area contributed by atoms with Crippen LogP contribution in [0.25, 0.3) is 11.0 Å². The Hall–Kier alpha value is -3.35. The van der Waals surface area contributed by atoms with E-state index in [4.69, 9.17) is 4.74 Å². The van der Waals surface area contributed by atoms with E-state index in [-0.39, 0.29) is 19.1 Å². The molecule has 7 heteroatoms. The number of hydrogen-bond acceptors (Lipinski definition) is 5. The van der Waals surface area contributed by atoms with Crippen LogP contribution in [0.1, 0.15) is 19.7 Å². The molecule has 0 aliphatic rings. The zero-order valence-electron chi connectivity index (χ0n) is 17.0. The first-order valence-electron chi connectivity index (χ1n) is 9.74. The number of nitrogens with zero attached hydrogens (tertiary/aromatic N) is 3. The van der Waals surface area contributed by atoms with Gasteiger partial charge in [0.25, 0.3) is 5.91 Å². The minimum Gasteiger partial charge on any atom is -0.454 e. The van der Waals surface area contributed by atoms with Gasteiger partial charge in [-0.1, -0.05) is 12.1 Å². The number of nitrogens with one attached hydrogen (secondary N) is 1. The van der Waals surface area contributed by atoms with Crippen LogP contribution in [0.2, 0.25) is 0 Å². The standard InChI is InChI=1S/C22H26N4O3/c1-4-25(5-2)18-12-10-17(11-13-18)24-21(27)15-29-22(28)14-26-16(3)23-19-8-6-7-9-20(19)26/h6-13H,4-5,14-15H2,1-3H3,(H,24,27). The number of ether oxygens (including phenoxy) is 1. The van der Waals surface area contributed by atoms with Crippen LogP contribution in [0.15, 0.2) is 48.5 Å². The first kappa shape index (κ1) is 20.4. The molecular formula is C22H26N4O3. The topological polar surface area (TPSA) is 76.5 Å². The van der Waals surface area contributed by atoms with Gasteiger partial charge in [-0.2, -0.15) is 0 Å². The Morgan fingerprint density at radius 2 is 1.76 bits per heavy atom. The second-order valence-electron chi connectivity index (χ2n) is 6.66. The molecule has 0 radical (unpaired) electrons. The number of rotatable bonds is 8. The number of benzene rings is 2. The summed E-state index contributed by atoms with van der Waals surface area (Å²) < 4.78 is 6.92. The number of aryl methyl sites for hydroxylation is 1. The molecule has 2 aromatic carbocycles. The van der Waals surface area contributed by atoms with E-state index in [0.29, 0.717) is 5.69 Å². The molecule has 29 heavy (non-hydrogen) atoms. The van der Waals surface area contributed by atoms with E-state index in [1.54, 1.807) is 4.57 Å². The molecule has 0 aliphatic heterocycles. The van der Waals surface area contributed by atoms with Crippen LogP contribution in [0, 0.1) is 6.92 Å². The van der Waals surface area contributed by atoms with Crippen LogP contribution in [0.4, 0.5) is 11.4 Å². The first-order chi connectivity index (χ1) is 14.0. The van der Waals surface area contributed by atoms with Crippen molar-refractivity contribution in [2.45, 2.75) is 27.3 Å². The molecule has 0 saturated heterocycles. The van der Waals surface area contributed by atoms with Crippen molar-refractivity contribution in [2.24, 2.45) is 0 Å². The Kier molecular flexibility index (Phi) is 6.49. The number of carbonyl (C=O) groups is 2. The molecule has 0 fully saturated rings. The first-order valence-corrected chi connectivity index (χ1v) is 9.74. The number of imidazole rings is 1. The van der Waals surface area contributed by atoms with Gasteiger partial charge in [0, 0.05) is 24.5 Å². The van der Waals surface area contributed by atoms with Crippen molar-refractivity contribution in [1.29, 1.82) is 0 Å². The SMILES string of the molecule is CCN(CC)c1ccc(NC(=O)COC(=O)Cn2c(C)nc3ccccc32)cc1. The summed E-state index contributed by atoms with van der Waals surface area (Å²) in [6.45, 7) is 7.55. The third-order valence-corrected chi connectivity index (χ3v) is 4.78. The number of fused-ring (bicyclic) bond motifs is 1. The monoisotopic (exact) mass is 394 g/mol. The van der Waals surface area contributed by atoms with Gasteiger partial charge in [-0.25, -0.2) is 4.98 Å². The van der Waals surface area contributed by atoms with Gasteiger partial charge < -0.3 is 19.5 Å². The minimum atomic E-state index is -0.483. The van der Waals surface area contributed by atoms with Gasteiger partial charge in [0.05, 0.1) is 11.0 Å². The van der Waals surface area contributed by atoms with Gasteiger partial charge in [0.15, 0.2) is 6.61 Å². The summed E-state index contributed by atoms with van der Waals surface area (Å²) in [4.78, 5) is 30.9. The van der Waals surface area contributed by atoms with Crippen molar-refractivity contribution < 1.29 is 14.3 Å². The zero-order chi connectivity index (χ0) is 20.8. The maximum Gasteiger partial charge on any atom is 0.326 e. The highest BCUT2D eigenvalue weighted by atomic mass is 16.5. The fraction of sp³-hybridized carbons (Fsp3) is 0.318. The molecule has 7 nitrogen and oxygen atoms in total. The minimum absolute atomic E-state index is 0.0121. The number of anilines is 2. The summed E-state index contributed by atoms with van der Waals surface area (Å²) in [5, 5.41) is 2.75. The maximum absolute atomic E-state index is 12.2. The Morgan fingerprint density at radius 3 is 2.45 bits per heavy atom. The average molecular weight is 394 g/mol. The van der Waals surface area contributed by atoms with Crippen LogP contribution in [-0.2, 0) is 20.9 Å². The van der Waals surface area contributed by atoms with Crippen molar-refractivity contribution in [1.82, 2.24) is 9.55 Å². The predicted molar refractivity (Wildman–Crippen MR) is 114 cm³/mol. The third-order valence-electron chi connectivity index (χ3n) is 4.78. The molecule has 1 aromatic heterocycles. The van der Waals surface area contributed by atoms with Crippen molar-refractivity contribution in [3.8, 4) is 0 Å². The van der Waals surface area contributed by atoms with Gasteiger partial charge in [0.2, 0.25) is 0 Å². The highest BCUT2D eigenvalue weighted by Gasteiger charge is 2.13. The molecule has 1 amide bonds. The Bertz CT molecular complexity index is 991. The molecular weight excluding hydrogens is 368 g/mol. The molecule has 0 atom stereocenters. The highest BCUT2D eigenvalue weighted by molar-refractivity contribution is 5.93. The number of amides is 1. The third kappa shape index (κ3) is 4.93. The fourth-order valence-electron chi connectivity index (χ4n) is 3.26. The summed E-state index contributed by atoms with van der Waals surface area (Å²) in [5.74, 6) is -0.134. The lowest BCUT2D eigenvalue weighted by atomic mass is 10.2. The van der Waals surface area contributed by atoms with Gasteiger partial charge >= 0.3 is 5.97 Å². The van der Waals surface area contributed by atoms with Crippen LogP contribution in [0.5, 0.6) is 0 Å². The number of para-hydroxylation sites is 2. The summed E-state index contributed by atoms with van der Waals surface area (Å²) >= 11 is 0. The van der Waals surface area contributed by atoms with Crippen molar-refractivity contribution >= 4 is 34.3 Å². The van der Waals surface area contributed by atoms with E-state index in [2.05, 4.69) is 29.0 Å². The lowest BCUT2D eigenvalue weighted by Crippen LogP contribution is -2.23. The van der Waals surface area contributed by atoms with Gasteiger partial charge in [-0.15, -0.1) is 0 Å². The molecule has 152 valence electrons. The van der Waals surface area contributed by atoms with Gasteiger partial charge in [0.1, 0.15) is 12.4 Å². The van der Waals surface area contributed by atoms with E-state index in [1.165, 1.54) is 0 Å². The quantitative estimate of drug-likeness (QED) is 0.593. The molecule has 0 bridgehead atoms. The van der Waals surface area contributed by atoms with Crippen LogP contribution < -0.4 is 10.2 Å². The molecule has 0 aliphatic carbocycles. The van der Waals surface area contributed by atoms with Crippen molar-refractivity contribution in [3.05, 3.63) is 54.4 Å². The second-order valence-corrected chi connectivity index (χ2v) is 6.66. The van der Waals surface area contributed by atoms with E-state index in [9.17, 15) is 9.59 Å². The number of carbonyl (C=O) groups excluding carboxylic acids is 2. The smallest absolute Gasteiger partial charge is 0.326 e.